The van der Waals surface area contributed by atoms with Gasteiger partial charge >= 0.3 is 5.97 Å². The van der Waals surface area contributed by atoms with Crippen molar-refractivity contribution in [3.8, 4) is 0 Å². The van der Waals surface area contributed by atoms with E-state index in [0.29, 0.717) is 19.0 Å². The molecular weight excluding hydrogens is 314 g/mol. The SMILES string of the molecule is CCC1CCN(S(=O)(=O)c2cc(Cl)cc(C(=O)O)c2C)C1. The Morgan fingerprint density at radius 3 is 2.67 bits per heavy atom. The fourth-order valence-corrected chi connectivity index (χ4v) is 4.72. The largest absolute Gasteiger partial charge is 0.478 e. The van der Waals surface area contributed by atoms with Crippen LogP contribution in [0, 0.1) is 12.8 Å². The van der Waals surface area contributed by atoms with Crippen molar-refractivity contribution < 1.29 is 18.3 Å². The first kappa shape index (κ1) is 16.3. The molecular formula is C14H18ClNO4S. The zero-order valence-electron chi connectivity index (χ0n) is 12.0. The fraction of sp³-hybridized carbons (Fsp3) is 0.500. The van der Waals surface area contributed by atoms with E-state index < -0.39 is 16.0 Å². The highest BCUT2D eigenvalue weighted by Gasteiger charge is 2.33. The number of halogens is 1. The van der Waals surface area contributed by atoms with Crippen LogP contribution in [0.5, 0.6) is 0 Å². The second kappa shape index (κ2) is 5.94. The molecule has 0 radical (unpaired) electrons. The second-order valence-electron chi connectivity index (χ2n) is 5.31. The molecule has 1 unspecified atom stereocenters. The van der Waals surface area contributed by atoms with Gasteiger partial charge in [0, 0.05) is 18.1 Å². The Kier molecular flexibility index (Phi) is 4.60. The number of benzene rings is 1. The first-order valence-electron chi connectivity index (χ1n) is 6.81. The van der Waals surface area contributed by atoms with E-state index in [-0.39, 0.29) is 21.0 Å². The van der Waals surface area contributed by atoms with Crippen molar-refractivity contribution in [2.75, 3.05) is 13.1 Å². The van der Waals surface area contributed by atoms with Gasteiger partial charge in [0.1, 0.15) is 0 Å². The van der Waals surface area contributed by atoms with Crippen molar-refractivity contribution in [2.45, 2.75) is 31.6 Å². The molecule has 5 nitrogen and oxygen atoms in total. The van der Waals surface area contributed by atoms with Crippen LogP contribution in [0.1, 0.15) is 35.7 Å². The van der Waals surface area contributed by atoms with Crippen LogP contribution in [0.3, 0.4) is 0 Å². The molecule has 1 saturated heterocycles. The van der Waals surface area contributed by atoms with Gasteiger partial charge < -0.3 is 5.11 Å². The molecule has 1 heterocycles. The van der Waals surface area contributed by atoms with Gasteiger partial charge in [-0.15, -0.1) is 0 Å². The molecule has 0 aromatic heterocycles. The van der Waals surface area contributed by atoms with Crippen LogP contribution in [-0.2, 0) is 10.0 Å². The lowest BCUT2D eigenvalue weighted by Gasteiger charge is -2.19. The Morgan fingerprint density at radius 2 is 2.14 bits per heavy atom. The van der Waals surface area contributed by atoms with E-state index in [0.717, 1.165) is 12.8 Å². The van der Waals surface area contributed by atoms with Crippen molar-refractivity contribution in [3.05, 3.63) is 28.3 Å². The number of rotatable bonds is 4. The summed E-state index contributed by atoms with van der Waals surface area (Å²) in [5.41, 5.74) is 0.152. The van der Waals surface area contributed by atoms with E-state index in [1.807, 2.05) is 6.92 Å². The van der Waals surface area contributed by atoms with Crippen LogP contribution < -0.4 is 0 Å². The first-order valence-corrected chi connectivity index (χ1v) is 8.62. The van der Waals surface area contributed by atoms with Gasteiger partial charge in [0.05, 0.1) is 10.5 Å². The van der Waals surface area contributed by atoms with E-state index in [4.69, 9.17) is 16.7 Å². The minimum absolute atomic E-state index is 0.0100. The van der Waals surface area contributed by atoms with Crippen molar-refractivity contribution >= 4 is 27.6 Å². The lowest BCUT2D eigenvalue weighted by Crippen LogP contribution is -2.29. The molecule has 1 aromatic rings. The summed E-state index contributed by atoms with van der Waals surface area (Å²) in [4.78, 5) is 11.2. The molecule has 0 saturated carbocycles. The third-order valence-electron chi connectivity index (χ3n) is 4.00. The number of hydrogen-bond donors (Lipinski definition) is 1. The molecule has 1 aromatic carbocycles. The topological polar surface area (TPSA) is 74.7 Å². The zero-order valence-corrected chi connectivity index (χ0v) is 13.5. The second-order valence-corrected chi connectivity index (χ2v) is 7.65. The number of sulfonamides is 1. The monoisotopic (exact) mass is 331 g/mol. The van der Waals surface area contributed by atoms with Crippen LogP contribution >= 0.6 is 11.6 Å². The Labute approximate surface area is 129 Å². The Bertz CT molecular complexity index is 672. The minimum atomic E-state index is -3.71. The van der Waals surface area contributed by atoms with Gasteiger partial charge in [-0.05, 0) is 37.0 Å². The van der Waals surface area contributed by atoms with E-state index in [1.54, 1.807) is 0 Å². The van der Waals surface area contributed by atoms with E-state index >= 15 is 0 Å². The maximum Gasteiger partial charge on any atom is 0.336 e. The summed E-state index contributed by atoms with van der Waals surface area (Å²) in [6, 6.07) is 2.61. The van der Waals surface area contributed by atoms with Gasteiger partial charge in [-0.3, -0.25) is 0 Å². The fourth-order valence-electron chi connectivity index (χ4n) is 2.63. The normalized spacial score (nSPS) is 19.9. The van der Waals surface area contributed by atoms with Crippen molar-refractivity contribution in [3.63, 3.8) is 0 Å². The summed E-state index contributed by atoms with van der Waals surface area (Å²) in [7, 11) is -3.71. The average molecular weight is 332 g/mol. The molecule has 2 rings (SSSR count). The van der Waals surface area contributed by atoms with Crippen LogP contribution in [0.25, 0.3) is 0 Å². The van der Waals surface area contributed by atoms with E-state index in [2.05, 4.69) is 0 Å². The van der Waals surface area contributed by atoms with Crippen LogP contribution in [0.4, 0.5) is 0 Å². The summed E-state index contributed by atoms with van der Waals surface area (Å²) in [5, 5.41) is 9.27. The van der Waals surface area contributed by atoms with Gasteiger partial charge in [0.15, 0.2) is 0 Å². The number of hydrogen-bond acceptors (Lipinski definition) is 3. The summed E-state index contributed by atoms with van der Waals surface area (Å²) < 4.78 is 26.9. The molecule has 0 bridgehead atoms. The molecule has 0 amide bonds. The number of nitrogens with zero attached hydrogens (tertiary/aromatic N) is 1. The predicted octanol–water partition coefficient (Wildman–Crippen LogP) is 2.77. The number of carboxylic acids is 1. The molecule has 0 aliphatic carbocycles. The smallest absolute Gasteiger partial charge is 0.336 e. The molecule has 1 aliphatic heterocycles. The van der Waals surface area contributed by atoms with Crippen molar-refractivity contribution in [2.24, 2.45) is 5.92 Å². The van der Waals surface area contributed by atoms with Gasteiger partial charge in [-0.2, -0.15) is 4.31 Å². The van der Waals surface area contributed by atoms with Crippen molar-refractivity contribution in [1.29, 1.82) is 0 Å². The van der Waals surface area contributed by atoms with Gasteiger partial charge in [-0.1, -0.05) is 24.9 Å². The maximum absolute atomic E-state index is 12.7. The number of carboxylic acid groups (broad SMARTS) is 1. The third-order valence-corrected chi connectivity index (χ3v) is 6.21. The molecule has 1 fully saturated rings. The van der Waals surface area contributed by atoms with Crippen LogP contribution in [-0.4, -0.2) is 36.9 Å². The highest BCUT2D eigenvalue weighted by atomic mass is 35.5. The van der Waals surface area contributed by atoms with Gasteiger partial charge in [0.25, 0.3) is 0 Å². The quantitative estimate of drug-likeness (QED) is 0.920. The molecule has 1 aliphatic rings. The average Bonchev–Trinajstić information content (AvgIpc) is 2.90. The number of carbonyl (C=O) groups is 1. The summed E-state index contributed by atoms with van der Waals surface area (Å²) >= 11 is 5.89. The highest BCUT2D eigenvalue weighted by molar-refractivity contribution is 7.89. The maximum atomic E-state index is 12.7. The number of aromatic carboxylic acids is 1. The minimum Gasteiger partial charge on any atom is -0.478 e. The molecule has 7 heteroatoms. The summed E-state index contributed by atoms with van der Waals surface area (Å²) in [5.74, 6) is -0.822. The predicted molar refractivity (Wildman–Crippen MR) is 80.3 cm³/mol. The molecule has 21 heavy (non-hydrogen) atoms. The van der Waals surface area contributed by atoms with Crippen molar-refractivity contribution in [1.82, 2.24) is 4.31 Å². The van der Waals surface area contributed by atoms with E-state index in [1.165, 1.54) is 23.4 Å². The third kappa shape index (κ3) is 3.07. The Morgan fingerprint density at radius 1 is 1.48 bits per heavy atom. The lowest BCUT2D eigenvalue weighted by molar-refractivity contribution is 0.0696. The van der Waals surface area contributed by atoms with Crippen LogP contribution in [0.2, 0.25) is 5.02 Å². The summed E-state index contributed by atoms with van der Waals surface area (Å²) in [6.45, 7) is 4.48. The Balaban J connectivity index is 2.48. The van der Waals surface area contributed by atoms with Crippen LogP contribution in [0.15, 0.2) is 17.0 Å². The van der Waals surface area contributed by atoms with Gasteiger partial charge in [-0.25, -0.2) is 13.2 Å². The summed E-state index contributed by atoms with van der Waals surface area (Å²) in [6.07, 6.45) is 1.77. The zero-order chi connectivity index (χ0) is 15.8. The first-order chi connectivity index (χ1) is 9.77. The molecule has 0 spiro atoms. The highest BCUT2D eigenvalue weighted by Crippen LogP contribution is 2.30. The van der Waals surface area contributed by atoms with Gasteiger partial charge in [0.2, 0.25) is 10.0 Å². The standard InChI is InChI=1S/C14H18ClNO4S/c1-3-10-4-5-16(8-10)21(19,20)13-7-11(15)6-12(9(13)2)14(17)18/h6-7,10H,3-5,8H2,1-2H3,(H,17,18). The lowest BCUT2D eigenvalue weighted by atomic mass is 10.1. The molecule has 116 valence electrons. The Hall–Kier alpha value is -1.11. The molecule has 1 atom stereocenters. The molecule has 1 N–H and O–H groups in total. The van der Waals surface area contributed by atoms with E-state index in [9.17, 15) is 13.2 Å².